The summed E-state index contributed by atoms with van der Waals surface area (Å²) in [4.78, 5) is 11.6. The molecule has 0 amide bonds. The Morgan fingerprint density at radius 3 is 2.42 bits per heavy atom. The minimum atomic E-state index is -1.71. The second kappa shape index (κ2) is 8.08. The van der Waals surface area contributed by atoms with Gasteiger partial charge in [0, 0.05) is 22.5 Å². The summed E-state index contributed by atoms with van der Waals surface area (Å²) in [6, 6.07) is 20.9. The lowest BCUT2D eigenvalue weighted by atomic mass is 9.71. The molecule has 1 aliphatic carbocycles. The number of ether oxygens (including phenoxy) is 4. The van der Waals surface area contributed by atoms with Crippen LogP contribution in [0.1, 0.15) is 29.0 Å². The molecular formula is C26H23BrO6. The van der Waals surface area contributed by atoms with Crippen LogP contribution in [0.15, 0.2) is 71.2 Å². The summed E-state index contributed by atoms with van der Waals surface area (Å²) in [5, 5.41) is 12.6. The number of aliphatic hydroxyl groups is 1. The van der Waals surface area contributed by atoms with Gasteiger partial charge in [0.15, 0.2) is 11.2 Å². The summed E-state index contributed by atoms with van der Waals surface area (Å²) < 4.78 is 24.3. The van der Waals surface area contributed by atoms with Crippen LogP contribution in [0.2, 0.25) is 0 Å². The molecule has 0 spiro atoms. The number of rotatable bonds is 6. The molecule has 0 bridgehead atoms. The van der Waals surface area contributed by atoms with Gasteiger partial charge in [0.2, 0.25) is 0 Å². The van der Waals surface area contributed by atoms with Crippen LogP contribution in [0.5, 0.6) is 17.2 Å². The number of hydrogen-bond acceptors (Lipinski definition) is 6. The Labute approximate surface area is 200 Å². The van der Waals surface area contributed by atoms with Gasteiger partial charge in [-0.2, -0.15) is 0 Å². The molecule has 1 saturated carbocycles. The van der Waals surface area contributed by atoms with Gasteiger partial charge >= 0.3 is 0 Å². The molecule has 7 heteroatoms. The van der Waals surface area contributed by atoms with Gasteiger partial charge in [-0.25, -0.2) is 0 Å². The van der Waals surface area contributed by atoms with Crippen LogP contribution < -0.4 is 14.2 Å². The van der Waals surface area contributed by atoms with Gasteiger partial charge < -0.3 is 24.1 Å². The molecule has 0 aromatic heterocycles. The van der Waals surface area contributed by atoms with Crippen molar-refractivity contribution in [3.63, 3.8) is 0 Å². The molecule has 1 N–H and O–H groups in total. The lowest BCUT2D eigenvalue weighted by Gasteiger charge is -2.41. The minimum absolute atomic E-state index is 0.321. The zero-order valence-electron chi connectivity index (χ0n) is 18.2. The number of benzene rings is 3. The zero-order valence-corrected chi connectivity index (χ0v) is 19.7. The third-order valence-corrected chi connectivity index (χ3v) is 7.34. The number of hydrogen-bond donors (Lipinski definition) is 1. The predicted octanol–water partition coefficient (Wildman–Crippen LogP) is 4.67. The topological polar surface area (TPSA) is 74.2 Å². The fraction of sp³-hybridized carbons (Fsp3) is 0.269. The monoisotopic (exact) mass is 510 g/mol. The number of methoxy groups -OCH3 is 2. The summed E-state index contributed by atoms with van der Waals surface area (Å²) in [6.07, 6.45) is -0.503. The Balaban J connectivity index is 1.84. The highest BCUT2D eigenvalue weighted by Crippen LogP contribution is 2.69. The highest BCUT2D eigenvalue weighted by Gasteiger charge is 2.74. The van der Waals surface area contributed by atoms with Crippen LogP contribution >= 0.6 is 15.9 Å². The van der Waals surface area contributed by atoms with Gasteiger partial charge in [-0.05, 0) is 29.7 Å². The van der Waals surface area contributed by atoms with Gasteiger partial charge in [0.1, 0.15) is 23.4 Å². The first-order valence-electron chi connectivity index (χ1n) is 10.6. The van der Waals surface area contributed by atoms with E-state index >= 15 is 0 Å². The van der Waals surface area contributed by atoms with Crippen molar-refractivity contribution in [3.05, 3.63) is 87.9 Å². The summed E-state index contributed by atoms with van der Waals surface area (Å²) in [5.41, 5.74) is -0.815. The summed E-state index contributed by atoms with van der Waals surface area (Å²) in [6.45, 7) is 0.385. The molecular weight excluding hydrogens is 488 g/mol. The Morgan fingerprint density at radius 2 is 1.79 bits per heavy atom. The molecule has 4 atom stereocenters. The van der Waals surface area contributed by atoms with E-state index in [2.05, 4.69) is 15.9 Å². The highest BCUT2D eigenvalue weighted by molar-refractivity contribution is 9.10. The smallest absolute Gasteiger partial charge is 0.293 e. The molecule has 6 nitrogen and oxygen atoms in total. The maximum absolute atomic E-state index is 12.6. The van der Waals surface area contributed by atoms with Crippen LogP contribution in [0, 0.1) is 0 Å². The van der Waals surface area contributed by atoms with E-state index in [9.17, 15) is 9.90 Å². The number of carbonyl (C=O) groups is 1. The molecule has 1 heterocycles. The molecule has 0 radical (unpaired) electrons. The molecule has 1 aliphatic heterocycles. The lowest BCUT2D eigenvalue weighted by molar-refractivity contribution is -0.171. The average Bonchev–Trinajstić information content (AvgIpc) is 3.25. The van der Waals surface area contributed by atoms with E-state index in [1.54, 1.807) is 19.2 Å². The summed E-state index contributed by atoms with van der Waals surface area (Å²) in [5.74, 6) is 1.04. The van der Waals surface area contributed by atoms with Crippen LogP contribution in [0.4, 0.5) is 0 Å². The second-order valence-corrected chi connectivity index (χ2v) is 9.15. The number of halogens is 1. The van der Waals surface area contributed by atoms with Gasteiger partial charge in [0.05, 0.1) is 19.8 Å². The Morgan fingerprint density at radius 1 is 1.06 bits per heavy atom. The summed E-state index contributed by atoms with van der Waals surface area (Å²) in [7, 11) is 3.08. The molecule has 0 unspecified atom stereocenters. The SMILES string of the molecule is COc1cc(OC)c2c(c1)O[C@@]1(c3ccc(Br)cc3)[C@H](c3ccccc3)C[C@H](OC=O)[C@@]21O. The molecule has 3 aromatic rings. The van der Waals surface area contributed by atoms with Crippen molar-refractivity contribution >= 4 is 22.4 Å². The number of carbonyl (C=O) groups excluding carboxylic acids is 1. The van der Waals surface area contributed by atoms with Crippen molar-refractivity contribution in [2.75, 3.05) is 14.2 Å². The quantitative estimate of drug-likeness (QED) is 0.485. The standard InChI is InChI=1S/C26H23BrO6/c1-30-19-12-21(31-2)24-22(13-19)33-26(17-8-10-18(27)11-9-17)20(16-6-4-3-5-7-16)14-23(32-15-28)25(24,26)29/h3-13,15,20,23,29H,14H2,1-2H3/t20-,23-,25+,26-/m0/s1. The van der Waals surface area contributed by atoms with Crippen molar-refractivity contribution < 1.29 is 28.8 Å². The van der Waals surface area contributed by atoms with Crippen molar-refractivity contribution in [2.24, 2.45) is 0 Å². The first-order chi connectivity index (χ1) is 16.0. The van der Waals surface area contributed by atoms with Gasteiger partial charge in [-0.3, -0.25) is 4.79 Å². The van der Waals surface area contributed by atoms with Crippen LogP contribution in [-0.4, -0.2) is 31.9 Å². The Bertz CT molecular complexity index is 1180. The van der Waals surface area contributed by atoms with Crippen LogP contribution in [0.3, 0.4) is 0 Å². The molecule has 1 fully saturated rings. The third-order valence-electron chi connectivity index (χ3n) is 6.81. The molecule has 0 saturated heterocycles. The van der Waals surface area contributed by atoms with E-state index in [1.807, 2.05) is 54.6 Å². The van der Waals surface area contributed by atoms with E-state index in [0.717, 1.165) is 15.6 Å². The fourth-order valence-corrected chi connectivity index (χ4v) is 5.74. The van der Waals surface area contributed by atoms with E-state index in [1.165, 1.54) is 7.11 Å². The van der Waals surface area contributed by atoms with E-state index in [-0.39, 0.29) is 5.92 Å². The van der Waals surface area contributed by atoms with Crippen molar-refractivity contribution in [3.8, 4) is 17.2 Å². The summed E-state index contributed by atoms with van der Waals surface area (Å²) >= 11 is 3.49. The first kappa shape index (κ1) is 21.8. The van der Waals surface area contributed by atoms with Gasteiger partial charge in [-0.15, -0.1) is 0 Å². The normalized spacial score (nSPS) is 27.3. The van der Waals surface area contributed by atoms with E-state index < -0.39 is 17.3 Å². The van der Waals surface area contributed by atoms with Crippen molar-refractivity contribution in [2.45, 2.75) is 29.6 Å². The maximum Gasteiger partial charge on any atom is 0.293 e. The van der Waals surface area contributed by atoms with Gasteiger partial charge in [-0.1, -0.05) is 58.4 Å². The first-order valence-corrected chi connectivity index (χ1v) is 11.4. The molecule has 33 heavy (non-hydrogen) atoms. The highest BCUT2D eigenvalue weighted by atomic mass is 79.9. The molecule has 170 valence electrons. The lowest BCUT2D eigenvalue weighted by Crippen LogP contribution is -2.52. The zero-order chi connectivity index (χ0) is 23.2. The molecule has 2 aliphatic rings. The molecule has 5 rings (SSSR count). The minimum Gasteiger partial charge on any atom is -0.496 e. The number of fused-ring (bicyclic) bond motifs is 3. The second-order valence-electron chi connectivity index (χ2n) is 8.23. The van der Waals surface area contributed by atoms with Crippen molar-refractivity contribution in [1.29, 1.82) is 0 Å². The Hall–Kier alpha value is -3.03. The average molecular weight is 511 g/mol. The van der Waals surface area contributed by atoms with Crippen LogP contribution in [-0.2, 0) is 20.7 Å². The largest absolute Gasteiger partial charge is 0.496 e. The predicted molar refractivity (Wildman–Crippen MR) is 125 cm³/mol. The van der Waals surface area contributed by atoms with E-state index in [4.69, 9.17) is 18.9 Å². The fourth-order valence-electron chi connectivity index (χ4n) is 5.48. The maximum atomic E-state index is 12.6. The van der Waals surface area contributed by atoms with Crippen molar-refractivity contribution in [1.82, 2.24) is 0 Å². The van der Waals surface area contributed by atoms with E-state index in [0.29, 0.717) is 35.7 Å². The molecule has 3 aromatic carbocycles. The third kappa shape index (κ3) is 2.99. The van der Waals surface area contributed by atoms with Crippen LogP contribution in [0.25, 0.3) is 0 Å². The Kier molecular flexibility index (Phi) is 5.34. The van der Waals surface area contributed by atoms with Gasteiger partial charge in [0.25, 0.3) is 6.47 Å².